The first kappa shape index (κ1) is 26.6. The van der Waals surface area contributed by atoms with Crippen LogP contribution >= 0.6 is 15.9 Å². The third-order valence-electron chi connectivity index (χ3n) is 6.10. The zero-order valence-electron chi connectivity index (χ0n) is 20.5. The fraction of sp³-hybridized carbons (Fsp3) is 0.346. The van der Waals surface area contributed by atoms with E-state index in [1.807, 2.05) is 6.07 Å². The number of carbonyl (C=O) groups excluding carboxylic acids is 3. The number of halogens is 1. The molecule has 0 atom stereocenters. The van der Waals surface area contributed by atoms with Crippen molar-refractivity contribution in [1.82, 2.24) is 14.8 Å². The van der Waals surface area contributed by atoms with E-state index in [1.165, 1.54) is 18.2 Å². The summed E-state index contributed by atoms with van der Waals surface area (Å²) in [5, 5.41) is 0.553. The minimum absolute atomic E-state index is 0.158. The SMILES string of the molecule is COc1ccc(Br)c2[nH]cc(C(=O)C(=O)N3CCN(C(=O)c4cccc(OCCOCCN)c4)CC3)c12. The molecule has 0 aliphatic carbocycles. The number of hydrogen-bond acceptors (Lipinski definition) is 7. The number of nitrogens with two attached hydrogens (primary N) is 1. The summed E-state index contributed by atoms with van der Waals surface area (Å²) in [7, 11) is 1.52. The number of aromatic amines is 1. The zero-order chi connectivity index (χ0) is 26.4. The van der Waals surface area contributed by atoms with Gasteiger partial charge in [-0.25, -0.2) is 0 Å². The Morgan fingerprint density at radius 1 is 1.03 bits per heavy atom. The van der Waals surface area contributed by atoms with Gasteiger partial charge in [-0.3, -0.25) is 14.4 Å². The molecule has 11 heteroatoms. The van der Waals surface area contributed by atoms with Crippen molar-refractivity contribution in [3.8, 4) is 11.5 Å². The van der Waals surface area contributed by atoms with E-state index in [-0.39, 0.29) is 24.6 Å². The van der Waals surface area contributed by atoms with Crippen LogP contribution in [0.25, 0.3) is 10.9 Å². The molecule has 1 aromatic heterocycles. The number of nitrogens with one attached hydrogen (secondary N) is 1. The molecule has 0 unspecified atom stereocenters. The van der Waals surface area contributed by atoms with Crippen LogP contribution in [0.15, 0.2) is 47.1 Å². The summed E-state index contributed by atoms with van der Waals surface area (Å²) in [6, 6.07) is 10.5. The van der Waals surface area contributed by atoms with Gasteiger partial charge in [0.1, 0.15) is 18.1 Å². The zero-order valence-corrected chi connectivity index (χ0v) is 22.1. The van der Waals surface area contributed by atoms with Crippen molar-refractivity contribution in [2.45, 2.75) is 0 Å². The number of carbonyl (C=O) groups is 3. The highest BCUT2D eigenvalue weighted by Gasteiger charge is 2.31. The van der Waals surface area contributed by atoms with Crippen LogP contribution in [-0.2, 0) is 9.53 Å². The Labute approximate surface area is 222 Å². The van der Waals surface area contributed by atoms with E-state index in [2.05, 4.69) is 20.9 Å². The first-order valence-electron chi connectivity index (χ1n) is 11.9. The van der Waals surface area contributed by atoms with Gasteiger partial charge < -0.3 is 34.7 Å². The second-order valence-corrected chi connectivity index (χ2v) is 9.25. The van der Waals surface area contributed by atoms with Gasteiger partial charge in [-0.1, -0.05) is 6.07 Å². The number of ether oxygens (including phenoxy) is 3. The highest BCUT2D eigenvalue weighted by Crippen LogP contribution is 2.34. The lowest BCUT2D eigenvalue weighted by atomic mass is 10.1. The predicted molar refractivity (Wildman–Crippen MR) is 141 cm³/mol. The molecule has 1 saturated heterocycles. The molecular weight excluding hydrogens is 544 g/mol. The van der Waals surface area contributed by atoms with E-state index in [0.29, 0.717) is 67.4 Å². The minimum Gasteiger partial charge on any atom is -0.496 e. The lowest BCUT2D eigenvalue weighted by Gasteiger charge is -2.34. The van der Waals surface area contributed by atoms with Gasteiger partial charge in [0.2, 0.25) is 0 Å². The van der Waals surface area contributed by atoms with E-state index in [4.69, 9.17) is 19.9 Å². The average molecular weight is 573 g/mol. The number of H-pyrrole nitrogens is 1. The van der Waals surface area contributed by atoms with Crippen molar-refractivity contribution in [2.24, 2.45) is 5.73 Å². The van der Waals surface area contributed by atoms with Crippen LogP contribution in [0.5, 0.6) is 11.5 Å². The topological polar surface area (TPSA) is 127 Å². The summed E-state index contributed by atoms with van der Waals surface area (Å²) in [4.78, 5) is 45.4. The molecule has 10 nitrogen and oxygen atoms in total. The summed E-state index contributed by atoms with van der Waals surface area (Å²) < 4.78 is 17.1. The number of piperazine rings is 1. The minimum atomic E-state index is -0.622. The third kappa shape index (κ3) is 5.95. The standard InChI is InChI=1S/C26H29BrN4O6/c1-35-21-6-5-20(27)23-22(21)19(16-29-23)24(32)26(34)31-10-8-30(9-11-31)25(33)17-3-2-4-18(15-17)37-14-13-36-12-7-28/h2-6,15-16,29H,7-14,28H2,1H3. The number of ketones is 1. The van der Waals surface area contributed by atoms with Crippen LogP contribution in [0.2, 0.25) is 0 Å². The van der Waals surface area contributed by atoms with Gasteiger partial charge in [0.05, 0.1) is 36.8 Å². The molecule has 37 heavy (non-hydrogen) atoms. The molecule has 1 fully saturated rings. The van der Waals surface area contributed by atoms with Crippen molar-refractivity contribution in [3.05, 3.63) is 58.2 Å². The smallest absolute Gasteiger partial charge is 0.295 e. The Kier molecular flexibility index (Phi) is 8.80. The third-order valence-corrected chi connectivity index (χ3v) is 6.76. The summed E-state index contributed by atoms with van der Waals surface area (Å²) in [5.74, 6) is -0.317. The monoisotopic (exact) mass is 572 g/mol. The number of Topliss-reactive ketones (excluding diaryl/α,β-unsaturated/α-hetero) is 1. The number of fused-ring (bicyclic) bond motifs is 1. The highest BCUT2D eigenvalue weighted by molar-refractivity contribution is 9.10. The molecule has 196 valence electrons. The number of amides is 2. The lowest BCUT2D eigenvalue weighted by molar-refractivity contribution is -0.127. The van der Waals surface area contributed by atoms with E-state index < -0.39 is 11.7 Å². The maximum atomic E-state index is 13.1. The quantitative estimate of drug-likeness (QED) is 0.217. The maximum absolute atomic E-state index is 13.1. The van der Waals surface area contributed by atoms with Crippen molar-refractivity contribution in [1.29, 1.82) is 0 Å². The number of methoxy groups -OCH3 is 1. The second kappa shape index (κ2) is 12.2. The first-order valence-corrected chi connectivity index (χ1v) is 12.7. The second-order valence-electron chi connectivity index (χ2n) is 8.39. The van der Waals surface area contributed by atoms with Gasteiger partial charge in [0, 0.05) is 49.0 Å². The van der Waals surface area contributed by atoms with Gasteiger partial charge in [-0.2, -0.15) is 0 Å². The van der Waals surface area contributed by atoms with Crippen molar-refractivity contribution >= 4 is 44.4 Å². The van der Waals surface area contributed by atoms with Gasteiger partial charge >= 0.3 is 0 Å². The molecule has 3 aromatic rings. The Morgan fingerprint density at radius 3 is 2.51 bits per heavy atom. The number of rotatable bonds is 10. The van der Waals surface area contributed by atoms with Crippen LogP contribution in [0, 0.1) is 0 Å². The highest BCUT2D eigenvalue weighted by atomic mass is 79.9. The first-order chi connectivity index (χ1) is 17.9. The molecule has 2 aromatic carbocycles. The van der Waals surface area contributed by atoms with E-state index >= 15 is 0 Å². The largest absolute Gasteiger partial charge is 0.496 e. The van der Waals surface area contributed by atoms with E-state index in [0.717, 1.165) is 4.47 Å². The molecule has 3 N–H and O–H groups in total. The van der Waals surface area contributed by atoms with Crippen LogP contribution in [-0.4, -0.2) is 92.0 Å². The number of hydrogen-bond donors (Lipinski definition) is 2. The Morgan fingerprint density at radius 2 is 1.78 bits per heavy atom. The number of aromatic nitrogens is 1. The fourth-order valence-corrected chi connectivity index (χ4v) is 4.65. The van der Waals surface area contributed by atoms with E-state index in [9.17, 15) is 14.4 Å². The molecule has 0 saturated carbocycles. The summed E-state index contributed by atoms with van der Waals surface area (Å²) in [6.07, 6.45) is 1.53. The maximum Gasteiger partial charge on any atom is 0.295 e. The summed E-state index contributed by atoms with van der Waals surface area (Å²) in [6.45, 7) is 2.83. The normalized spacial score (nSPS) is 13.6. The summed E-state index contributed by atoms with van der Waals surface area (Å²) >= 11 is 3.45. The van der Waals surface area contributed by atoms with Crippen molar-refractivity contribution in [2.75, 3.05) is 59.7 Å². The number of benzene rings is 2. The molecule has 4 rings (SSSR count). The fourth-order valence-electron chi connectivity index (χ4n) is 4.21. The van der Waals surface area contributed by atoms with Gasteiger partial charge in [0.15, 0.2) is 0 Å². The molecule has 2 amide bonds. The van der Waals surface area contributed by atoms with E-state index in [1.54, 1.807) is 35.2 Å². The van der Waals surface area contributed by atoms with Gasteiger partial charge in [-0.15, -0.1) is 0 Å². The van der Waals surface area contributed by atoms with Crippen LogP contribution < -0.4 is 15.2 Å². The van der Waals surface area contributed by atoms with Crippen molar-refractivity contribution < 1.29 is 28.6 Å². The Bertz CT molecular complexity index is 1290. The number of nitrogens with zero attached hydrogens (tertiary/aromatic N) is 2. The molecule has 1 aliphatic rings. The molecule has 0 spiro atoms. The van der Waals surface area contributed by atoms with Crippen LogP contribution in [0.3, 0.4) is 0 Å². The summed E-state index contributed by atoms with van der Waals surface area (Å²) in [5.41, 5.74) is 6.82. The Hall–Kier alpha value is -3.41. The van der Waals surface area contributed by atoms with Crippen LogP contribution in [0.1, 0.15) is 20.7 Å². The van der Waals surface area contributed by atoms with Gasteiger partial charge in [0.25, 0.3) is 17.6 Å². The molecule has 2 heterocycles. The Balaban J connectivity index is 1.36. The predicted octanol–water partition coefficient (Wildman–Crippen LogP) is 2.46. The van der Waals surface area contributed by atoms with Crippen LogP contribution in [0.4, 0.5) is 0 Å². The molecule has 0 bridgehead atoms. The molecular formula is C26H29BrN4O6. The van der Waals surface area contributed by atoms with Gasteiger partial charge in [-0.05, 0) is 46.3 Å². The lowest BCUT2D eigenvalue weighted by Crippen LogP contribution is -2.52. The average Bonchev–Trinajstić information content (AvgIpc) is 3.38. The molecule has 0 radical (unpaired) electrons. The van der Waals surface area contributed by atoms with Crippen molar-refractivity contribution in [3.63, 3.8) is 0 Å². The molecule has 1 aliphatic heterocycles.